The number of aromatic nitrogens is 10. The predicted octanol–water partition coefficient (Wildman–Crippen LogP) is 8.59. The SMILES string of the molecule is CC#N.CC(C)OC(=O)OCCl.CC(C)OC(=O)OCN(c1ncccn1)c1nc(-c2cnccn2)c(C(=O)OC(C)C)s1.CC(C)OC(=O)c1sc(Nc2ncccn2)nc1-c1cnccn1. The summed E-state index contributed by atoms with van der Waals surface area (Å²) in [6.07, 6.45) is 12.8. The van der Waals surface area contributed by atoms with Gasteiger partial charge in [-0.1, -0.05) is 34.3 Å². The van der Waals surface area contributed by atoms with Crippen molar-refractivity contribution in [1.82, 2.24) is 49.8 Å². The molecule has 6 heterocycles. The average Bonchev–Trinajstić information content (AvgIpc) is 3.94. The molecule has 0 aromatic carbocycles. The van der Waals surface area contributed by atoms with Crippen molar-refractivity contribution in [3.8, 4) is 28.8 Å². The summed E-state index contributed by atoms with van der Waals surface area (Å²) in [6, 6.07) is 4.95. The number of ether oxygens (including phenoxy) is 6. The zero-order chi connectivity index (χ0) is 50.0. The molecule has 0 unspecified atom stereocenters. The molecule has 0 aliphatic carbocycles. The Morgan fingerprint density at radius 1 is 0.647 bits per heavy atom. The van der Waals surface area contributed by atoms with Gasteiger partial charge in [-0.05, 0) is 67.5 Å². The summed E-state index contributed by atoms with van der Waals surface area (Å²) in [7, 11) is 0. The molecule has 6 aromatic heterocycles. The molecule has 360 valence electrons. The molecule has 6 rings (SSSR count). The lowest BCUT2D eigenvalue weighted by molar-refractivity contribution is 0.0353. The van der Waals surface area contributed by atoms with Crippen LogP contribution in [0.4, 0.5) is 31.7 Å². The molecule has 0 amide bonds. The molecule has 0 aliphatic rings. The fourth-order valence-corrected chi connectivity index (χ4v) is 6.39. The van der Waals surface area contributed by atoms with Crippen molar-refractivity contribution in [3.63, 3.8) is 0 Å². The van der Waals surface area contributed by atoms with Gasteiger partial charge in [0.1, 0.15) is 32.5 Å². The Hall–Kier alpha value is -7.56. The number of hydrogen-bond acceptors (Lipinski definition) is 25. The first-order valence-corrected chi connectivity index (χ1v) is 22.3. The number of rotatable bonds is 15. The third kappa shape index (κ3) is 19.1. The number of nitrogens with one attached hydrogen (secondary N) is 1. The fourth-order valence-electron chi connectivity index (χ4n) is 4.50. The summed E-state index contributed by atoms with van der Waals surface area (Å²) < 4.78 is 29.7. The zero-order valence-corrected chi connectivity index (χ0v) is 40.7. The second kappa shape index (κ2) is 29.2. The number of carbonyl (C=O) groups is 4. The quantitative estimate of drug-likeness (QED) is 0.0436. The van der Waals surface area contributed by atoms with E-state index in [-0.39, 0.29) is 53.7 Å². The number of nitriles is 1. The summed E-state index contributed by atoms with van der Waals surface area (Å²) in [6.45, 7) is 15.1. The van der Waals surface area contributed by atoms with E-state index in [2.05, 4.69) is 64.6 Å². The first kappa shape index (κ1) is 54.8. The minimum absolute atomic E-state index is 0.152. The summed E-state index contributed by atoms with van der Waals surface area (Å²) in [5, 5.41) is 11.1. The Morgan fingerprint density at radius 3 is 1.56 bits per heavy atom. The highest BCUT2D eigenvalue weighted by molar-refractivity contribution is 7.18. The Labute approximate surface area is 404 Å². The van der Waals surface area contributed by atoms with Crippen LogP contribution >= 0.6 is 34.3 Å². The zero-order valence-electron chi connectivity index (χ0n) is 38.3. The second-order valence-corrected chi connectivity index (χ2v) is 15.9. The van der Waals surface area contributed by atoms with Crippen LogP contribution in [0.25, 0.3) is 22.8 Å². The van der Waals surface area contributed by atoms with Crippen LogP contribution in [0.1, 0.15) is 81.7 Å². The van der Waals surface area contributed by atoms with E-state index in [9.17, 15) is 19.2 Å². The van der Waals surface area contributed by atoms with E-state index in [4.69, 9.17) is 35.8 Å². The molecule has 26 heteroatoms. The van der Waals surface area contributed by atoms with Gasteiger partial charge in [-0.25, -0.2) is 49.1 Å². The van der Waals surface area contributed by atoms with Gasteiger partial charge < -0.3 is 33.7 Å². The maximum atomic E-state index is 12.8. The molecular formula is C42H48ClN13O10S2. The molecule has 68 heavy (non-hydrogen) atoms. The molecule has 0 saturated carbocycles. The van der Waals surface area contributed by atoms with Crippen LogP contribution in [-0.4, -0.2) is 111 Å². The van der Waals surface area contributed by atoms with E-state index in [1.165, 1.54) is 42.8 Å². The average molecular weight is 995 g/mol. The van der Waals surface area contributed by atoms with Crippen molar-refractivity contribution < 1.29 is 47.6 Å². The third-order valence-electron chi connectivity index (χ3n) is 6.87. The summed E-state index contributed by atoms with van der Waals surface area (Å²) in [5.74, 6) is -0.405. The topological polar surface area (TPSA) is 292 Å². The number of carbonyl (C=O) groups excluding carboxylic acids is 4. The van der Waals surface area contributed by atoms with E-state index in [0.717, 1.165) is 22.7 Å². The minimum atomic E-state index is -0.855. The molecule has 0 aliphatic heterocycles. The lowest BCUT2D eigenvalue weighted by Crippen LogP contribution is -2.26. The molecule has 23 nitrogen and oxygen atoms in total. The van der Waals surface area contributed by atoms with Crippen LogP contribution in [0.5, 0.6) is 0 Å². The van der Waals surface area contributed by atoms with Gasteiger partial charge in [-0.15, -0.1) is 0 Å². The van der Waals surface area contributed by atoms with Gasteiger partial charge in [0, 0.05) is 56.5 Å². The van der Waals surface area contributed by atoms with Crippen molar-refractivity contribution in [2.75, 3.05) is 23.0 Å². The molecular weight excluding hydrogens is 946 g/mol. The highest BCUT2D eigenvalue weighted by Crippen LogP contribution is 2.35. The Balaban J connectivity index is 0.000000298. The number of alkyl halides is 1. The number of hydrogen-bond donors (Lipinski definition) is 1. The van der Waals surface area contributed by atoms with Gasteiger partial charge in [0.15, 0.2) is 23.1 Å². The molecule has 0 bridgehead atoms. The van der Waals surface area contributed by atoms with Gasteiger partial charge in [-0.3, -0.25) is 24.8 Å². The minimum Gasteiger partial charge on any atom is -0.459 e. The Bertz CT molecular complexity index is 2500. The molecule has 1 N–H and O–H groups in total. The maximum Gasteiger partial charge on any atom is 0.510 e. The molecule has 6 aromatic rings. The van der Waals surface area contributed by atoms with Crippen molar-refractivity contribution >= 4 is 80.7 Å². The van der Waals surface area contributed by atoms with Gasteiger partial charge in [0.2, 0.25) is 11.9 Å². The van der Waals surface area contributed by atoms with Gasteiger partial charge in [0.25, 0.3) is 0 Å². The largest absolute Gasteiger partial charge is 0.510 e. The van der Waals surface area contributed by atoms with Crippen LogP contribution in [0.15, 0.2) is 74.1 Å². The molecule has 0 atom stereocenters. The number of esters is 2. The number of halogens is 1. The highest BCUT2D eigenvalue weighted by Gasteiger charge is 2.28. The summed E-state index contributed by atoms with van der Waals surface area (Å²) in [5.41, 5.74) is 1.58. The lowest BCUT2D eigenvalue weighted by Gasteiger charge is -2.19. The van der Waals surface area contributed by atoms with E-state index in [1.54, 1.807) is 105 Å². The fraction of sp³-hybridized carbons (Fsp3) is 0.357. The van der Waals surface area contributed by atoms with Crippen LogP contribution < -0.4 is 10.2 Å². The standard InChI is InChI=1S/C20H22N6O5S.C15H14N6O2S.C5H9ClO3.C2H3N/c1-12(2)30-17(27)16-15(14-10-21-8-9-22-14)25-19(32-16)26(18-23-6-5-7-24-18)11-29-20(28)31-13(3)4;1-9(2)23-13(22)12-11(10-8-16-6-7-17-10)20-15(24-12)21-14-18-4-3-5-19-14;1-4(2)9-5(7)8-3-6;1-2-3/h5-10,12-13H,11H2,1-4H3;3-9H,1-2H3,(H,18,19,20,21);4H,3H2,1-2H3;1H3. The summed E-state index contributed by atoms with van der Waals surface area (Å²) >= 11 is 7.24. The Morgan fingerprint density at radius 2 is 1.10 bits per heavy atom. The van der Waals surface area contributed by atoms with Crippen LogP contribution in [0.2, 0.25) is 0 Å². The van der Waals surface area contributed by atoms with Crippen molar-refractivity contribution in [3.05, 3.63) is 83.9 Å². The van der Waals surface area contributed by atoms with Crippen LogP contribution in [-0.2, 0) is 28.4 Å². The first-order chi connectivity index (χ1) is 32.6. The first-order valence-electron chi connectivity index (χ1n) is 20.1. The van der Waals surface area contributed by atoms with Crippen molar-refractivity contribution in [2.24, 2.45) is 0 Å². The molecule has 0 fully saturated rings. The van der Waals surface area contributed by atoms with Gasteiger partial charge >= 0.3 is 24.2 Å². The smallest absolute Gasteiger partial charge is 0.459 e. The number of thiazole rings is 2. The molecule has 0 spiro atoms. The van der Waals surface area contributed by atoms with E-state index in [1.807, 2.05) is 0 Å². The van der Waals surface area contributed by atoms with E-state index < -0.39 is 24.2 Å². The second-order valence-electron chi connectivity index (χ2n) is 13.7. The monoisotopic (exact) mass is 993 g/mol. The maximum absolute atomic E-state index is 12.8. The summed E-state index contributed by atoms with van der Waals surface area (Å²) in [4.78, 5) is 91.4. The lowest BCUT2D eigenvalue weighted by atomic mass is 10.3. The Kier molecular flexibility index (Phi) is 23.5. The highest BCUT2D eigenvalue weighted by atomic mass is 35.5. The van der Waals surface area contributed by atoms with Crippen molar-refractivity contribution in [1.29, 1.82) is 5.26 Å². The number of anilines is 4. The molecule has 0 radical (unpaired) electrons. The van der Waals surface area contributed by atoms with Gasteiger partial charge in [0.05, 0.1) is 42.9 Å². The van der Waals surface area contributed by atoms with Crippen LogP contribution in [0.3, 0.4) is 0 Å². The van der Waals surface area contributed by atoms with E-state index >= 15 is 0 Å². The van der Waals surface area contributed by atoms with Crippen LogP contribution in [0, 0.1) is 11.3 Å². The normalized spacial score (nSPS) is 10.2. The molecule has 0 saturated heterocycles. The van der Waals surface area contributed by atoms with Crippen molar-refractivity contribution in [2.45, 2.75) is 86.7 Å². The third-order valence-corrected chi connectivity index (χ3v) is 8.99. The van der Waals surface area contributed by atoms with E-state index in [0.29, 0.717) is 38.2 Å². The predicted molar refractivity (Wildman–Crippen MR) is 249 cm³/mol. The van der Waals surface area contributed by atoms with Gasteiger partial charge in [-0.2, -0.15) is 5.26 Å². The number of nitrogens with zero attached hydrogens (tertiary/aromatic N) is 12.